The number of nitrogens with two attached hydrogens (primary N) is 1. The van der Waals surface area contributed by atoms with Crippen molar-refractivity contribution in [1.29, 1.82) is 0 Å². The standard InChI is InChI=1S/C11H13NO3S/c1-6-3-4-8(5-9(6)11(14)15)16-7(2)10(12)13/h3-5,7H,1-2H3,(H2,12,13)(H,14,15). The second-order valence-corrected chi connectivity index (χ2v) is 4.86. The van der Waals surface area contributed by atoms with E-state index in [1.807, 2.05) is 0 Å². The van der Waals surface area contributed by atoms with Crippen molar-refractivity contribution in [2.24, 2.45) is 5.73 Å². The first-order valence-corrected chi connectivity index (χ1v) is 5.59. The van der Waals surface area contributed by atoms with Gasteiger partial charge in [-0.25, -0.2) is 4.79 Å². The lowest BCUT2D eigenvalue weighted by atomic mass is 10.1. The van der Waals surface area contributed by atoms with Crippen LogP contribution >= 0.6 is 11.8 Å². The zero-order chi connectivity index (χ0) is 12.3. The first-order valence-electron chi connectivity index (χ1n) is 4.71. The lowest BCUT2D eigenvalue weighted by molar-refractivity contribution is -0.117. The summed E-state index contributed by atoms with van der Waals surface area (Å²) >= 11 is 1.25. The summed E-state index contributed by atoms with van der Waals surface area (Å²) in [6.07, 6.45) is 0. The highest BCUT2D eigenvalue weighted by atomic mass is 32.2. The number of aryl methyl sites for hydroxylation is 1. The van der Waals surface area contributed by atoms with E-state index in [9.17, 15) is 9.59 Å². The summed E-state index contributed by atoms with van der Waals surface area (Å²) in [5, 5.41) is 8.56. The Hall–Kier alpha value is -1.49. The number of hydrogen-bond donors (Lipinski definition) is 2. The molecule has 0 aliphatic heterocycles. The van der Waals surface area contributed by atoms with Gasteiger partial charge in [-0.05, 0) is 31.5 Å². The molecule has 0 spiro atoms. The van der Waals surface area contributed by atoms with Gasteiger partial charge < -0.3 is 10.8 Å². The Morgan fingerprint density at radius 2 is 2.06 bits per heavy atom. The molecule has 5 heteroatoms. The summed E-state index contributed by atoms with van der Waals surface area (Å²) in [5.41, 5.74) is 6.08. The van der Waals surface area contributed by atoms with Crippen LogP contribution in [-0.2, 0) is 4.79 Å². The highest BCUT2D eigenvalue weighted by molar-refractivity contribution is 8.00. The van der Waals surface area contributed by atoms with Crippen LogP contribution in [0, 0.1) is 6.92 Å². The van der Waals surface area contributed by atoms with Gasteiger partial charge in [0.15, 0.2) is 0 Å². The molecule has 0 fully saturated rings. The van der Waals surface area contributed by atoms with Gasteiger partial charge in [0.2, 0.25) is 5.91 Å². The number of hydrogen-bond acceptors (Lipinski definition) is 3. The second kappa shape index (κ2) is 5.03. The number of benzene rings is 1. The van der Waals surface area contributed by atoms with Gasteiger partial charge in [0, 0.05) is 4.90 Å². The van der Waals surface area contributed by atoms with Crippen LogP contribution in [0.15, 0.2) is 23.1 Å². The van der Waals surface area contributed by atoms with E-state index in [0.717, 1.165) is 4.90 Å². The lowest BCUT2D eigenvalue weighted by Gasteiger charge is -2.08. The van der Waals surface area contributed by atoms with Crippen LogP contribution in [0.25, 0.3) is 0 Å². The monoisotopic (exact) mass is 239 g/mol. The molecule has 0 radical (unpaired) electrons. The van der Waals surface area contributed by atoms with Crippen LogP contribution in [0.5, 0.6) is 0 Å². The summed E-state index contributed by atoms with van der Waals surface area (Å²) in [5.74, 6) is -1.38. The maximum atomic E-state index is 10.9. The Kier molecular flexibility index (Phi) is 3.95. The van der Waals surface area contributed by atoms with Crippen LogP contribution in [0.2, 0.25) is 0 Å². The molecule has 0 aliphatic rings. The van der Waals surface area contributed by atoms with E-state index in [1.54, 1.807) is 32.0 Å². The largest absolute Gasteiger partial charge is 0.478 e. The number of aromatic carboxylic acids is 1. The molecule has 1 rings (SSSR count). The normalized spacial score (nSPS) is 12.1. The minimum Gasteiger partial charge on any atom is -0.478 e. The number of carbonyl (C=O) groups is 2. The highest BCUT2D eigenvalue weighted by Crippen LogP contribution is 2.25. The molecule has 1 aromatic rings. The molecule has 1 amide bonds. The van der Waals surface area contributed by atoms with Crippen LogP contribution in [0.1, 0.15) is 22.8 Å². The minimum atomic E-state index is -0.966. The van der Waals surface area contributed by atoms with Crippen molar-refractivity contribution in [2.75, 3.05) is 0 Å². The van der Waals surface area contributed by atoms with Crippen LogP contribution < -0.4 is 5.73 Å². The third kappa shape index (κ3) is 3.00. The molecule has 0 saturated carbocycles. The minimum absolute atomic E-state index is 0.252. The van der Waals surface area contributed by atoms with Crippen molar-refractivity contribution >= 4 is 23.6 Å². The fourth-order valence-corrected chi connectivity index (χ4v) is 2.02. The van der Waals surface area contributed by atoms with E-state index in [1.165, 1.54) is 11.8 Å². The Morgan fingerprint density at radius 3 is 2.56 bits per heavy atom. The van der Waals surface area contributed by atoms with Gasteiger partial charge in [0.05, 0.1) is 10.8 Å². The molecular weight excluding hydrogens is 226 g/mol. The van der Waals surface area contributed by atoms with Gasteiger partial charge in [0.1, 0.15) is 0 Å². The molecule has 1 aromatic carbocycles. The summed E-state index contributed by atoms with van der Waals surface area (Å²) < 4.78 is 0. The average Bonchev–Trinajstić information content (AvgIpc) is 2.20. The van der Waals surface area contributed by atoms with E-state index < -0.39 is 11.9 Å². The van der Waals surface area contributed by atoms with Gasteiger partial charge in [-0.3, -0.25) is 4.79 Å². The molecule has 4 nitrogen and oxygen atoms in total. The summed E-state index contributed by atoms with van der Waals surface area (Å²) in [6, 6.07) is 5.06. The molecule has 1 unspecified atom stereocenters. The molecule has 0 aromatic heterocycles. The zero-order valence-electron chi connectivity index (χ0n) is 9.06. The van der Waals surface area contributed by atoms with Crippen molar-refractivity contribution in [1.82, 2.24) is 0 Å². The van der Waals surface area contributed by atoms with Gasteiger partial charge >= 0.3 is 5.97 Å². The molecule has 0 bridgehead atoms. The summed E-state index contributed by atoms with van der Waals surface area (Å²) in [4.78, 5) is 22.5. The highest BCUT2D eigenvalue weighted by Gasteiger charge is 2.13. The Morgan fingerprint density at radius 1 is 1.44 bits per heavy atom. The molecule has 0 aliphatic carbocycles. The third-order valence-electron chi connectivity index (χ3n) is 2.15. The first kappa shape index (κ1) is 12.6. The molecule has 0 saturated heterocycles. The van der Waals surface area contributed by atoms with Crippen LogP contribution in [0.3, 0.4) is 0 Å². The quantitative estimate of drug-likeness (QED) is 0.783. The maximum Gasteiger partial charge on any atom is 0.335 e. The van der Waals surface area contributed by atoms with Gasteiger partial charge in [-0.15, -0.1) is 11.8 Å². The Labute approximate surface area is 97.8 Å². The number of amides is 1. The summed E-state index contributed by atoms with van der Waals surface area (Å²) in [7, 11) is 0. The van der Waals surface area contributed by atoms with Crippen LogP contribution in [-0.4, -0.2) is 22.2 Å². The predicted molar refractivity (Wildman–Crippen MR) is 62.7 cm³/mol. The van der Waals surface area contributed by atoms with Crippen LogP contribution in [0.4, 0.5) is 0 Å². The van der Waals surface area contributed by atoms with E-state index in [0.29, 0.717) is 5.56 Å². The molecule has 16 heavy (non-hydrogen) atoms. The van der Waals surface area contributed by atoms with Crippen molar-refractivity contribution in [3.05, 3.63) is 29.3 Å². The van der Waals surface area contributed by atoms with E-state index in [-0.39, 0.29) is 10.8 Å². The molecule has 86 valence electrons. The number of carbonyl (C=O) groups excluding carboxylic acids is 1. The van der Waals surface area contributed by atoms with Crippen molar-refractivity contribution in [3.8, 4) is 0 Å². The number of thioether (sulfide) groups is 1. The predicted octanol–water partition coefficient (Wildman–Crippen LogP) is 1.66. The van der Waals surface area contributed by atoms with Gasteiger partial charge in [-0.2, -0.15) is 0 Å². The van der Waals surface area contributed by atoms with Crippen molar-refractivity contribution in [3.63, 3.8) is 0 Å². The van der Waals surface area contributed by atoms with Crippen molar-refractivity contribution < 1.29 is 14.7 Å². The molecule has 3 N–H and O–H groups in total. The SMILES string of the molecule is Cc1ccc(SC(C)C(N)=O)cc1C(=O)O. The summed E-state index contributed by atoms with van der Waals surface area (Å²) in [6.45, 7) is 3.42. The Balaban J connectivity index is 2.95. The topological polar surface area (TPSA) is 80.4 Å². The maximum absolute atomic E-state index is 10.9. The number of rotatable bonds is 4. The first-order chi connectivity index (χ1) is 7.41. The van der Waals surface area contributed by atoms with E-state index in [4.69, 9.17) is 10.8 Å². The molecule has 1 atom stereocenters. The lowest BCUT2D eigenvalue weighted by Crippen LogP contribution is -2.22. The Bertz CT molecular complexity index is 431. The molecule has 0 heterocycles. The average molecular weight is 239 g/mol. The van der Waals surface area contributed by atoms with Gasteiger partial charge in [0.25, 0.3) is 0 Å². The fraction of sp³-hybridized carbons (Fsp3) is 0.273. The third-order valence-corrected chi connectivity index (χ3v) is 3.26. The van der Waals surface area contributed by atoms with E-state index >= 15 is 0 Å². The smallest absolute Gasteiger partial charge is 0.335 e. The zero-order valence-corrected chi connectivity index (χ0v) is 9.88. The molecular formula is C11H13NO3S. The fourth-order valence-electron chi connectivity index (χ4n) is 1.17. The van der Waals surface area contributed by atoms with Crippen molar-refractivity contribution in [2.45, 2.75) is 24.0 Å². The number of carboxylic acids is 1. The number of primary amides is 1. The van der Waals surface area contributed by atoms with E-state index in [2.05, 4.69) is 0 Å². The van der Waals surface area contributed by atoms with Gasteiger partial charge in [-0.1, -0.05) is 6.07 Å². The second-order valence-electron chi connectivity index (χ2n) is 3.44. The number of carboxylic acid groups (broad SMARTS) is 1.